The standard InChI is InChI=1S/C13H22N2O2/c1-10-13(17)15(9-12(16)14-10)8-4-7-11-5-2-3-6-11/h10-11H,2-9H2,1H3,(H,14,16). The van der Waals surface area contributed by atoms with Crippen molar-refractivity contribution in [2.45, 2.75) is 51.5 Å². The van der Waals surface area contributed by atoms with Crippen LogP contribution in [0.4, 0.5) is 0 Å². The zero-order chi connectivity index (χ0) is 12.3. The summed E-state index contributed by atoms with van der Waals surface area (Å²) in [5.41, 5.74) is 0. The van der Waals surface area contributed by atoms with Gasteiger partial charge < -0.3 is 10.2 Å². The van der Waals surface area contributed by atoms with Gasteiger partial charge in [0, 0.05) is 6.54 Å². The molecule has 1 saturated carbocycles. The van der Waals surface area contributed by atoms with E-state index in [9.17, 15) is 9.59 Å². The van der Waals surface area contributed by atoms with Crippen molar-refractivity contribution >= 4 is 11.8 Å². The molecule has 4 heteroatoms. The van der Waals surface area contributed by atoms with Gasteiger partial charge in [-0.1, -0.05) is 25.7 Å². The lowest BCUT2D eigenvalue weighted by molar-refractivity contribution is -0.143. The molecule has 2 amide bonds. The number of carbonyl (C=O) groups excluding carboxylic acids is 2. The Bertz CT molecular complexity index is 298. The predicted octanol–water partition coefficient (Wildman–Crippen LogP) is 1.30. The summed E-state index contributed by atoms with van der Waals surface area (Å²) in [4.78, 5) is 24.9. The van der Waals surface area contributed by atoms with Crippen molar-refractivity contribution in [1.82, 2.24) is 10.2 Å². The van der Waals surface area contributed by atoms with Gasteiger partial charge in [-0.05, 0) is 25.7 Å². The Hall–Kier alpha value is -1.06. The second kappa shape index (κ2) is 5.52. The number of amides is 2. The first-order chi connectivity index (χ1) is 8.16. The van der Waals surface area contributed by atoms with Gasteiger partial charge in [0.15, 0.2) is 0 Å². The number of rotatable bonds is 4. The van der Waals surface area contributed by atoms with Gasteiger partial charge in [-0.3, -0.25) is 9.59 Å². The predicted molar refractivity (Wildman–Crippen MR) is 65.4 cm³/mol. The summed E-state index contributed by atoms with van der Waals surface area (Å²) in [6, 6.07) is -0.345. The van der Waals surface area contributed by atoms with E-state index in [0.717, 1.165) is 18.9 Å². The lowest BCUT2D eigenvalue weighted by Gasteiger charge is -2.31. The highest BCUT2D eigenvalue weighted by Gasteiger charge is 2.29. The third-order valence-corrected chi connectivity index (χ3v) is 3.91. The van der Waals surface area contributed by atoms with E-state index in [0.29, 0.717) is 0 Å². The van der Waals surface area contributed by atoms with Gasteiger partial charge >= 0.3 is 0 Å². The van der Waals surface area contributed by atoms with Crippen LogP contribution in [0.3, 0.4) is 0 Å². The molecule has 1 unspecified atom stereocenters. The number of nitrogens with one attached hydrogen (secondary N) is 1. The van der Waals surface area contributed by atoms with Crippen molar-refractivity contribution in [3.63, 3.8) is 0 Å². The number of nitrogens with zero attached hydrogens (tertiary/aromatic N) is 1. The van der Waals surface area contributed by atoms with Crippen LogP contribution in [0.15, 0.2) is 0 Å². The lowest BCUT2D eigenvalue weighted by atomic mass is 10.0. The molecule has 2 rings (SSSR count). The zero-order valence-electron chi connectivity index (χ0n) is 10.6. The third-order valence-electron chi connectivity index (χ3n) is 3.91. The zero-order valence-corrected chi connectivity index (χ0v) is 10.6. The van der Waals surface area contributed by atoms with Gasteiger partial charge in [-0.2, -0.15) is 0 Å². The lowest BCUT2D eigenvalue weighted by Crippen LogP contribution is -2.56. The maximum atomic E-state index is 11.8. The minimum Gasteiger partial charge on any atom is -0.343 e. The van der Waals surface area contributed by atoms with Gasteiger partial charge in [0.25, 0.3) is 0 Å². The summed E-state index contributed by atoms with van der Waals surface area (Å²) in [6.07, 6.45) is 7.69. The van der Waals surface area contributed by atoms with E-state index < -0.39 is 0 Å². The Kier molecular flexibility index (Phi) is 4.02. The summed E-state index contributed by atoms with van der Waals surface area (Å²) in [6.45, 7) is 2.74. The van der Waals surface area contributed by atoms with Crippen LogP contribution in [-0.2, 0) is 9.59 Å². The molecular weight excluding hydrogens is 216 g/mol. The number of hydrogen-bond donors (Lipinski definition) is 1. The number of hydrogen-bond acceptors (Lipinski definition) is 2. The van der Waals surface area contributed by atoms with Crippen molar-refractivity contribution in [3.05, 3.63) is 0 Å². The van der Waals surface area contributed by atoms with Crippen LogP contribution in [0.1, 0.15) is 45.4 Å². The molecule has 0 aromatic carbocycles. The summed E-state index contributed by atoms with van der Waals surface area (Å²) < 4.78 is 0. The Labute approximate surface area is 103 Å². The van der Waals surface area contributed by atoms with E-state index in [1.54, 1.807) is 11.8 Å². The first-order valence-corrected chi connectivity index (χ1v) is 6.75. The highest BCUT2D eigenvalue weighted by atomic mass is 16.2. The highest BCUT2D eigenvalue weighted by molar-refractivity contribution is 5.94. The smallest absolute Gasteiger partial charge is 0.245 e. The molecule has 17 heavy (non-hydrogen) atoms. The van der Waals surface area contributed by atoms with Crippen molar-refractivity contribution in [1.29, 1.82) is 0 Å². The molecule has 1 heterocycles. The van der Waals surface area contributed by atoms with Crippen LogP contribution < -0.4 is 5.32 Å². The quantitative estimate of drug-likeness (QED) is 0.802. The van der Waals surface area contributed by atoms with Crippen molar-refractivity contribution in [2.75, 3.05) is 13.1 Å². The first-order valence-electron chi connectivity index (χ1n) is 6.75. The molecule has 0 radical (unpaired) electrons. The molecule has 1 aliphatic carbocycles. The van der Waals surface area contributed by atoms with Crippen LogP contribution in [0.2, 0.25) is 0 Å². The second-order valence-corrected chi connectivity index (χ2v) is 5.34. The van der Waals surface area contributed by atoms with Crippen molar-refractivity contribution in [3.8, 4) is 0 Å². The van der Waals surface area contributed by atoms with Gasteiger partial charge in [0.1, 0.15) is 6.04 Å². The SMILES string of the molecule is CC1NC(=O)CN(CCCC2CCCC2)C1=O. The Balaban J connectivity index is 1.73. The summed E-state index contributed by atoms with van der Waals surface area (Å²) in [7, 11) is 0. The van der Waals surface area contributed by atoms with Crippen molar-refractivity contribution in [2.24, 2.45) is 5.92 Å². The molecule has 1 aliphatic heterocycles. The maximum Gasteiger partial charge on any atom is 0.245 e. The molecule has 2 fully saturated rings. The van der Waals surface area contributed by atoms with E-state index in [2.05, 4.69) is 5.32 Å². The molecule has 1 atom stereocenters. The largest absolute Gasteiger partial charge is 0.343 e. The summed E-state index contributed by atoms with van der Waals surface area (Å²) >= 11 is 0. The van der Waals surface area contributed by atoms with Gasteiger partial charge in [-0.15, -0.1) is 0 Å². The summed E-state index contributed by atoms with van der Waals surface area (Å²) in [5, 5.41) is 2.66. The Morgan fingerprint density at radius 1 is 1.29 bits per heavy atom. The topological polar surface area (TPSA) is 49.4 Å². The van der Waals surface area contributed by atoms with Crippen LogP contribution in [-0.4, -0.2) is 35.8 Å². The monoisotopic (exact) mass is 238 g/mol. The minimum atomic E-state index is -0.345. The van der Waals surface area contributed by atoms with E-state index in [1.807, 2.05) is 0 Å². The molecule has 1 N–H and O–H groups in total. The molecular formula is C13H22N2O2. The molecule has 0 bridgehead atoms. The molecule has 2 aliphatic rings. The molecule has 4 nitrogen and oxygen atoms in total. The van der Waals surface area contributed by atoms with E-state index >= 15 is 0 Å². The fourth-order valence-electron chi connectivity index (χ4n) is 2.93. The third kappa shape index (κ3) is 3.20. The van der Waals surface area contributed by atoms with E-state index in [1.165, 1.54) is 32.1 Å². The second-order valence-electron chi connectivity index (χ2n) is 5.34. The fourth-order valence-corrected chi connectivity index (χ4v) is 2.93. The number of carbonyl (C=O) groups is 2. The maximum absolute atomic E-state index is 11.8. The Morgan fingerprint density at radius 3 is 2.71 bits per heavy atom. The van der Waals surface area contributed by atoms with Crippen LogP contribution in [0.25, 0.3) is 0 Å². The minimum absolute atomic E-state index is 0.0297. The highest BCUT2D eigenvalue weighted by Crippen LogP contribution is 2.28. The number of piperazine rings is 1. The molecule has 0 aromatic heterocycles. The van der Waals surface area contributed by atoms with Gasteiger partial charge in [-0.25, -0.2) is 0 Å². The van der Waals surface area contributed by atoms with Crippen LogP contribution in [0, 0.1) is 5.92 Å². The van der Waals surface area contributed by atoms with Gasteiger partial charge in [0.2, 0.25) is 11.8 Å². The average Bonchev–Trinajstić information content (AvgIpc) is 2.78. The molecule has 0 spiro atoms. The van der Waals surface area contributed by atoms with E-state index in [4.69, 9.17) is 0 Å². The van der Waals surface area contributed by atoms with Crippen LogP contribution in [0.5, 0.6) is 0 Å². The molecule has 1 saturated heterocycles. The normalized spacial score (nSPS) is 26.4. The summed E-state index contributed by atoms with van der Waals surface area (Å²) in [5.74, 6) is 0.898. The first kappa shape index (κ1) is 12.4. The van der Waals surface area contributed by atoms with Gasteiger partial charge in [0.05, 0.1) is 6.54 Å². The van der Waals surface area contributed by atoms with Crippen molar-refractivity contribution < 1.29 is 9.59 Å². The molecule has 0 aromatic rings. The van der Waals surface area contributed by atoms with Crippen LogP contribution >= 0.6 is 0 Å². The fraction of sp³-hybridized carbons (Fsp3) is 0.846. The average molecular weight is 238 g/mol. The Morgan fingerprint density at radius 2 is 2.00 bits per heavy atom. The van der Waals surface area contributed by atoms with E-state index in [-0.39, 0.29) is 24.4 Å². The molecule has 96 valence electrons.